The lowest BCUT2D eigenvalue weighted by molar-refractivity contribution is 0.565. The number of fused-ring (bicyclic) bond motifs is 1. The van der Waals surface area contributed by atoms with Crippen LogP contribution >= 0.6 is 12.4 Å². The van der Waals surface area contributed by atoms with E-state index in [1.54, 1.807) is 0 Å². The minimum Gasteiger partial charge on any atom is -0.327 e. The van der Waals surface area contributed by atoms with E-state index in [2.05, 4.69) is 15.4 Å². The third-order valence-corrected chi connectivity index (χ3v) is 1.91. The van der Waals surface area contributed by atoms with Gasteiger partial charge in [0.25, 0.3) is 0 Å². The van der Waals surface area contributed by atoms with E-state index in [9.17, 15) is 0 Å². The van der Waals surface area contributed by atoms with Crippen molar-refractivity contribution in [3.8, 4) is 0 Å². The van der Waals surface area contributed by atoms with Crippen molar-refractivity contribution in [1.29, 1.82) is 0 Å². The van der Waals surface area contributed by atoms with Gasteiger partial charge in [-0.1, -0.05) is 0 Å². The standard InChI is InChI=1S/C6H10N4.ClH/c7-4-1-2-5-6(3-4)9-10-8-5;/h4H,1-3,7H2,(H,8,9,10);1H. The molecule has 0 saturated carbocycles. The van der Waals surface area contributed by atoms with Crippen LogP contribution in [0, 0.1) is 0 Å². The average Bonchev–Trinajstić information content (AvgIpc) is 2.33. The number of aromatic amines is 1. The molecular weight excluding hydrogens is 164 g/mol. The van der Waals surface area contributed by atoms with Gasteiger partial charge in [0.05, 0.1) is 11.4 Å². The van der Waals surface area contributed by atoms with Crippen molar-refractivity contribution in [3.63, 3.8) is 0 Å². The zero-order valence-electron chi connectivity index (χ0n) is 6.08. The number of hydrogen-bond acceptors (Lipinski definition) is 3. The highest BCUT2D eigenvalue weighted by atomic mass is 35.5. The summed E-state index contributed by atoms with van der Waals surface area (Å²) in [5.41, 5.74) is 7.88. The van der Waals surface area contributed by atoms with Gasteiger partial charge in [-0.25, -0.2) is 0 Å². The normalized spacial score (nSPS) is 22.1. The molecule has 3 N–H and O–H groups in total. The monoisotopic (exact) mass is 174 g/mol. The van der Waals surface area contributed by atoms with Gasteiger partial charge < -0.3 is 5.73 Å². The van der Waals surface area contributed by atoms with Crippen molar-refractivity contribution in [2.75, 3.05) is 0 Å². The minimum absolute atomic E-state index is 0. The molecule has 0 saturated heterocycles. The molecule has 1 heterocycles. The first-order valence-corrected chi connectivity index (χ1v) is 3.50. The van der Waals surface area contributed by atoms with E-state index in [-0.39, 0.29) is 18.4 Å². The zero-order valence-corrected chi connectivity index (χ0v) is 6.90. The van der Waals surface area contributed by atoms with E-state index in [1.807, 2.05) is 0 Å². The summed E-state index contributed by atoms with van der Waals surface area (Å²) in [6.07, 6.45) is 2.90. The number of aromatic nitrogens is 3. The van der Waals surface area contributed by atoms with Crippen LogP contribution in [0.1, 0.15) is 17.8 Å². The van der Waals surface area contributed by atoms with Gasteiger partial charge in [-0.3, -0.25) is 0 Å². The number of hydrogen-bond donors (Lipinski definition) is 2. The SMILES string of the molecule is Cl.NC1CCc2n[nH]nc2C1. The Balaban J connectivity index is 0.000000605. The van der Waals surface area contributed by atoms with E-state index >= 15 is 0 Å². The van der Waals surface area contributed by atoms with E-state index in [0.29, 0.717) is 0 Å². The molecule has 0 radical (unpaired) electrons. The van der Waals surface area contributed by atoms with Crippen LogP contribution in [0.15, 0.2) is 0 Å². The molecule has 1 unspecified atom stereocenters. The maximum Gasteiger partial charge on any atom is 0.0872 e. The Morgan fingerprint density at radius 2 is 2.09 bits per heavy atom. The van der Waals surface area contributed by atoms with Crippen molar-refractivity contribution in [1.82, 2.24) is 15.4 Å². The molecule has 0 fully saturated rings. The summed E-state index contributed by atoms with van der Waals surface area (Å²) < 4.78 is 0. The Hall–Kier alpha value is -0.610. The molecule has 2 rings (SSSR count). The minimum atomic E-state index is 0. The molecule has 1 aromatic heterocycles. The van der Waals surface area contributed by atoms with E-state index in [0.717, 1.165) is 30.7 Å². The number of halogens is 1. The van der Waals surface area contributed by atoms with Crippen LogP contribution in [0.4, 0.5) is 0 Å². The number of rotatable bonds is 0. The van der Waals surface area contributed by atoms with Gasteiger partial charge in [0.1, 0.15) is 0 Å². The largest absolute Gasteiger partial charge is 0.327 e. The molecule has 0 aromatic carbocycles. The molecule has 5 heteroatoms. The summed E-state index contributed by atoms with van der Waals surface area (Å²) in [6, 6.07) is 0.289. The molecule has 1 aliphatic carbocycles. The van der Waals surface area contributed by atoms with Crippen LogP contribution in [0.25, 0.3) is 0 Å². The summed E-state index contributed by atoms with van der Waals surface area (Å²) in [4.78, 5) is 0. The number of nitrogens with zero attached hydrogens (tertiary/aromatic N) is 2. The fourth-order valence-corrected chi connectivity index (χ4v) is 1.31. The first-order chi connectivity index (χ1) is 4.86. The second-order valence-electron chi connectivity index (χ2n) is 2.72. The van der Waals surface area contributed by atoms with Crippen molar-refractivity contribution in [2.45, 2.75) is 25.3 Å². The van der Waals surface area contributed by atoms with Crippen LogP contribution in [0.3, 0.4) is 0 Å². The summed E-state index contributed by atoms with van der Waals surface area (Å²) in [6.45, 7) is 0. The molecule has 0 amide bonds. The molecule has 0 aliphatic heterocycles. The molecule has 1 aliphatic rings. The van der Waals surface area contributed by atoms with Crippen molar-refractivity contribution in [2.24, 2.45) is 5.73 Å². The van der Waals surface area contributed by atoms with Crippen molar-refractivity contribution >= 4 is 12.4 Å². The number of H-pyrrole nitrogens is 1. The van der Waals surface area contributed by atoms with Gasteiger partial charge in [-0.15, -0.1) is 12.4 Å². The summed E-state index contributed by atoms with van der Waals surface area (Å²) in [5.74, 6) is 0. The molecule has 0 bridgehead atoms. The molecule has 0 spiro atoms. The Bertz CT molecular complexity index is 234. The number of nitrogens with two attached hydrogens (primary N) is 1. The maximum atomic E-state index is 5.73. The predicted molar refractivity (Wildman–Crippen MR) is 43.6 cm³/mol. The Morgan fingerprint density at radius 3 is 2.91 bits per heavy atom. The molecule has 1 atom stereocenters. The topological polar surface area (TPSA) is 67.6 Å². The van der Waals surface area contributed by atoms with Gasteiger partial charge in [-0.05, 0) is 12.8 Å². The van der Waals surface area contributed by atoms with Gasteiger partial charge in [0.15, 0.2) is 0 Å². The van der Waals surface area contributed by atoms with Crippen LogP contribution in [-0.2, 0) is 12.8 Å². The maximum absolute atomic E-state index is 5.73. The smallest absolute Gasteiger partial charge is 0.0872 e. The lowest BCUT2D eigenvalue weighted by Crippen LogP contribution is -2.27. The Morgan fingerprint density at radius 1 is 1.36 bits per heavy atom. The third-order valence-electron chi connectivity index (χ3n) is 1.91. The van der Waals surface area contributed by atoms with Crippen molar-refractivity contribution < 1.29 is 0 Å². The summed E-state index contributed by atoms with van der Waals surface area (Å²) in [7, 11) is 0. The van der Waals surface area contributed by atoms with Crippen LogP contribution in [0.5, 0.6) is 0 Å². The van der Waals surface area contributed by atoms with E-state index < -0.39 is 0 Å². The quantitative estimate of drug-likeness (QED) is 0.584. The van der Waals surface area contributed by atoms with E-state index in [1.165, 1.54) is 0 Å². The Labute approximate surface area is 71.0 Å². The highest BCUT2D eigenvalue weighted by molar-refractivity contribution is 5.85. The van der Waals surface area contributed by atoms with Gasteiger partial charge in [-0.2, -0.15) is 15.4 Å². The number of nitrogens with one attached hydrogen (secondary N) is 1. The second kappa shape index (κ2) is 3.19. The second-order valence-corrected chi connectivity index (χ2v) is 2.72. The van der Waals surface area contributed by atoms with Crippen LogP contribution in [0.2, 0.25) is 0 Å². The lowest BCUT2D eigenvalue weighted by Gasteiger charge is -2.14. The predicted octanol–water partition coefficient (Wildman–Crippen LogP) is 0.0425. The van der Waals surface area contributed by atoms with E-state index in [4.69, 9.17) is 5.73 Å². The fourth-order valence-electron chi connectivity index (χ4n) is 1.31. The first-order valence-electron chi connectivity index (χ1n) is 3.50. The third kappa shape index (κ3) is 1.52. The zero-order chi connectivity index (χ0) is 6.97. The molecule has 11 heavy (non-hydrogen) atoms. The molecular formula is C6H11ClN4. The van der Waals surface area contributed by atoms with Gasteiger partial charge in [0.2, 0.25) is 0 Å². The van der Waals surface area contributed by atoms with Crippen LogP contribution in [-0.4, -0.2) is 21.5 Å². The lowest BCUT2D eigenvalue weighted by atomic mass is 9.97. The first kappa shape index (κ1) is 8.49. The van der Waals surface area contributed by atoms with Gasteiger partial charge >= 0.3 is 0 Å². The molecule has 4 nitrogen and oxygen atoms in total. The molecule has 1 aromatic rings. The van der Waals surface area contributed by atoms with Crippen LogP contribution < -0.4 is 5.73 Å². The number of aryl methyl sites for hydroxylation is 1. The Kier molecular flexibility index (Phi) is 2.46. The summed E-state index contributed by atoms with van der Waals surface area (Å²) >= 11 is 0. The summed E-state index contributed by atoms with van der Waals surface area (Å²) in [5, 5.41) is 10.6. The molecule has 62 valence electrons. The fraction of sp³-hybridized carbons (Fsp3) is 0.667. The highest BCUT2D eigenvalue weighted by Gasteiger charge is 2.17. The van der Waals surface area contributed by atoms with Gasteiger partial charge in [0, 0.05) is 12.5 Å². The van der Waals surface area contributed by atoms with Crippen molar-refractivity contribution in [3.05, 3.63) is 11.4 Å². The highest BCUT2D eigenvalue weighted by Crippen LogP contribution is 2.14. The average molecular weight is 175 g/mol.